The predicted molar refractivity (Wildman–Crippen MR) is 115 cm³/mol. The third-order valence-corrected chi connectivity index (χ3v) is 4.24. The first-order chi connectivity index (χ1) is 12.2. The van der Waals surface area contributed by atoms with E-state index in [1.54, 1.807) is 0 Å². The average molecular weight is 355 g/mol. The Hall–Kier alpha value is -2.36. The van der Waals surface area contributed by atoms with Crippen LogP contribution >= 0.6 is 0 Å². The highest BCUT2D eigenvalue weighted by atomic mass is 14.7. The van der Waals surface area contributed by atoms with Crippen LogP contribution in [0, 0.1) is 18.3 Å². The summed E-state index contributed by atoms with van der Waals surface area (Å²) in [6.45, 7) is 13.3. The van der Waals surface area contributed by atoms with Gasteiger partial charge in [-0.05, 0) is 42.4 Å². The highest BCUT2D eigenvalue weighted by molar-refractivity contribution is 5.92. The maximum absolute atomic E-state index is 7.87. The lowest BCUT2D eigenvalue weighted by Crippen LogP contribution is -2.10. The van der Waals surface area contributed by atoms with Crippen molar-refractivity contribution >= 4 is 18.1 Å². The van der Waals surface area contributed by atoms with Crippen molar-refractivity contribution in [1.82, 2.24) is 0 Å². The molecule has 0 atom stereocenters. The zero-order chi connectivity index (χ0) is 19.9. The number of aliphatic imine (C=N–C) groups is 1. The van der Waals surface area contributed by atoms with Gasteiger partial charge in [0.15, 0.2) is 0 Å². The normalized spacial score (nSPS) is 14.0. The van der Waals surface area contributed by atoms with Gasteiger partial charge in [0.2, 0.25) is 0 Å². The number of nitrogens with one attached hydrogen (secondary N) is 1. The third kappa shape index (κ3) is 6.17. The minimum atomic E-state index is 0.356. The molecule has 5 N–H and O–H groups in total. The fourth-order valence-electron chi connectivity index (χ4n) is 2.67. The molecule has 1 aromatic carbocycles. The Morgan fingerprint density at radius 2 is 1.81 bits per heavy atom. The van der Waals surface area contributed by atoms with Gasteiger partial charge in [0.05, 0.1) is 0 Å². The van der Waals surface area contributed by atoms with Crippen LogP contribution in [-0.4, -0.2) is 19.0 Å². The van der Waals surface area contributed by atoms with Gasteiger partial charge in [0, 0.05) is 42.4 Å². The number of hydrogen-bond acceptors (Lipinski definition) is 4. The number of benzene rings is 1. The summed E-state index contributed by atoms with van der Waals surface area (Å²) in [5.74, 6) is 0.851. The highest BCUT2D eigenvalue weighted by Gasteiger charge is 2.13. The van der Waals surface area contributed by atoms with Crippen LogP contribution in [0.15, 0.2) is 40.0 Å². The second kappa shape index (κ2) is 9.95. The molecule has 0 aliphatic carbocycles. The molecule has 0 saturated heterocycles. The van der Waals surface area contributed by atoms with Crippen molar-refractivity contribution in [3.63, 3.8) is 0 Å². The van der Waals surface area contributed by atoms with Crippen molar-refractivity contribution in [3.05, 3.63) is 51.7 Å². The van der Waals surface area contributed by atoms with Crippen molar-refractivity contribution in [2.24, 2.45) is 22.4 Å². The summed E-state index contributed by atoms with van der Waals surface area (Å²) in [6.07, 6.45) is 3.66. The van der Waals surface area contributed by atoms with E-state index in [2.05, 4.69) is 57.8 Å². The third-order valence-electron chi connectivity index (χ3n) is 4.24. The zero-order valence-electron chi connectivity index (χ0n) is 17.1. The Labute approximate surface area is 158 Å². The Morgan fingerprint density at radius 3 is 2.31 bits per heavy atom. The van der Waals surface area contributed by atoms with Crippen LogP contribution in [0.5, 0.6) is 0 Å². The first kappa shape index (κ1) is 21.7. The lowest BCUT2D eigenvalue weighted by molar-refractivity contribution is 0.667. The summed E-state index contributed by atoms with van der Waals surface area (Å²) >= 11 is 0. The van der Waals surface area contributed by atoms with Gasteiger partial charge >= 0.3 is 0 Å². The molecule has 4 heteroatoms. The maximum Gasteiger partial charge on any atom is 0.0441 e. The lowest BCUT2D eigenvalue weighted by atomic mass is 9.91. The molecule has 0 radical (unpaired) electrons. The Balaban J connectivity index is 3.29. The van der Waals surface area contributed by atoms with Gasteiger partial charge in [-0.2, -0.15) is 0 Å². The standard InChI is InChI=1S/C22H34N4/c1-14(2)12-26-13-19(17(6)24)10-18(11-23)22(25)20-8-7-16(5)9-21(20)15(3)4/h7-9,11,13-15,23H,10,12,24-25H2,1-6H3. The second-order valence-corrected chi connectivity index (χ2v) is 7.60. The van der Waals surface area contributed by atoms with Crippen LogP contribution in [-0.2, 0) is 0 Å². The van der Waals surface area contributed by atoms with Crippen LogP contribution in [0.25, 0.3) is 5.70 Å². The topological polar surface area (TPSA) is 88.2 Å². The summed E-state index contributed by atoms with van der Waals surface area (Å²) < 4.78 is 0. The van der Waals surface area contributed by atoms with Gasteiger partial charge in [-0.25, -0.2) is 0 Å². The van der Waals surface area contributed by atoms with E-state index in [1.807, 2.05) is 13.1 Å². The van der Waals surface area contributed by atoms with Gasteiger partial charge in [0.1, 0.15) is 0 Å². The van der Waals surface area contributed by atoms with Crippen LogP contribution < -0.4 is 11.5 Å². The van der Waals surface area contributed by atoms with Crippen LogP contribution in [0.4, 0.5) is 0 Å². The summed E-state index contributed by atoms with van der Waals surface area (Å²) in [7, 11) is 0. The van der Waals surface area contributed by atoms with E-state index >= 15 is 0 Å². The molecular formula is C22H34N4. The fraction of sp³-hybridized carbons (Fsp3) is 0.455. The number of rotatable bonds is 8. The van der Waals surface area contributed by atoms with Gasteiger partial charge < -0.3 is 16.9 Å². The van der Waals surface area contributed by atoms with Crippen molar-refractivity contribution in [2.45, 2.75) is 53.9 Å². The Bertz CT molecular complexity index is 718. The monoisotopic (exact) mass is 354 g/mol. The maximum atomic E-state index is 7.87. The molecule has 1 aromatic rings. The molecule has 26 heavy (non-hydrogen) atoms. The molecule has 0 aromatic heterocycles. The quantitative estimate of drug-likeness (QED) is 0.586. The van der Waals surface area contributed by atoms with E-state index in [-0.39, 0.29) is 0 Å². The van der Waals surface area contributed by atoms with E-state index in [9.17, 15) is 0 Å². The number of nitrogens with zero attached hydrogens (tertiary/aromatic N) is 1. The molecule has 142 valence electrons. The van der Waals surface area contributed by atoms with E-state index in [4.69, 9.17) is 16.9 Å². The largest absolute Gasteiger partial charge is 0.402 e. The smallest absolute Gasteiger partial charge is 0.0441 e. The number of nitrogens with two attached hydrogens (primary N) is 2. The van der Waals surface area contributed by atoms with Crippen LogP contribution in [0.3, 0.4) is 0 Å². The molecule has 1 rings (SSSR count). The summed E-state index contributed by atoms with van der Waals surface area (Å²) in [5.41, 5.74) is 18.9. The number of aryl methyl sites for hydroxylation is 1. The molecule has 0 spiro atoms. The SMILES string of the molecule is CC(N)=C(C=NCC(C)C)CC(C=N)=C(N)c1ccc(C)cc1C(C)C. The molecule has 0 aliphatic rings. The van der Waals surface area contributed by atoms with E-state index in [0.717, 1.165) is 23.3 Å². The van der Waals surface area contributed by atoms with E-state index < -0.39 is 0 Å². The molecule has 0 amide bonds. The van der Waals surface area contributed by atoms with Crippen LogP contribution in [0.2, 0.25) is 0 Å². The summed E-state index contributed by atoms with van der Waals surface area (Å²) in [6, 6.07) is 6.28. The first-order valence-corrected chi connectivity index (χ1v) is 9.22. The zero-order valence-corrected chi connectivity index (χ0v) is 17.1. The lowest BCUT2D eigenvalue weighted by Gasteiger charge is -2.17. The van der Waals surface area contributed by atoms with Gasteiger partial charge in [-0.15, -0.1) is 0 Å². The molecule has 0 aliphatic heterocycles. The summed E-state index contributed by atoms with van der Waals surface area (Å²) in [5, 5.41) is 7.87. The minimum Gasteiger partial charge on any atom is -0.402 e. The Morgan fingerprint density at radius 1 is 1.15 bits per heavy atom. The molecule has 0 unspecified atom stereocenters. The van der Waals surface area contributed by atoms with Crippen molar-refractivity contribution in [1.29, 1.82) is 5.41 Å². The van der Waals surface area contributed by atoms with Crippen molar-refractivity contribution < 1.29 is 0 Å². The predicted octanol–water partition coefficient (Wildman–Crippen LogP) is 4.79. The van der Waals surface area contributed by atoms with Gasteiger partial charge in [-0.3, -0.25) is 4.99 Å². The highest BCUT2D eigenvalue weighted by Crippen LogP contribution is 2.27. The number of hydrogen-bond donors (Lipinski definition) is 3. The average Bonchev–Trinajstić information content (AvgIpc) is 2.56. The van der Waals surface area contributed by atoms with Gasteiger partial charge in [-0.1, -0.05) is 51.5 Å². The summed E-state index contributed by atoms with van der Waals surface area (Å²) in [4.78, 5) is 4.47. The fourth-order valence-corrected chi connectivity index (χ4v) is 2.67. The molecule has 0 saturated carbocycles. The van der Waals surface area contributed by atoms with Crippen molar-refractivity contribution in [2.75, 3.05) is 6.54 Å². The van der Waals surface area contributed by atoms with Crippen LogP contribution in [0.1, 0.15) is 63.6 Å². The first-order valence-electron chi connectivity index (χ1n) is 9.22. The molecule has 0 bridgehead atoms. The van der Waals surface area contributed by atoms with Crippen molar-refractivity contribution in [3.8, 4) is 0 Å². The minimum absolute atomic E-state index is 0.356. The van der Waals surface area contributed by atoms with Gasteiger partial charge in [0.25, 0.3) is 0 Å². The second-order valence-electron chi connectivity index (χ2n) is 7.60. The molecule has 0 fully saturated rings. The molecule has 0 heterocycles. The Kier molecular flexibility index (Phi) is 8.30. The van der Waals surface area contributed by atoms with E-state index in [0.29, 0.717) is 29.7 Å². The number of allylic oxidation sites excluding steroid dienone is 3. The molecule has 4 nitrogen and oxygen atoms in total. The molecular weight excluding hydrogens is 320 g/mol. The van der Waals surface area contributed by atoms with E-state index in [1.165, 1.54) is 17.3 Å².